The number of morpholine rings is 1. The summed E-state index contributed by atoms with van der Waals surface area (Å²) in [4.78, 5) is 26.5. The van der Waals surface area contributed by atoms with Crippen molar-refractivity contribution < 1.29 is 27.4 Å². The highest BCUT2D eigenvalue weighted by Crippen LogP contribution is 2.36. The molecule has 1 aliphatic heterocycles. The first-order valence-electron chi connectivity index (χ1n) is 11.6. The number of hydrazine groups is 1. The Morgan fingerprint density at radius 3 is 2.69 bits per heavy atom. The second-order valence-electron chi connectivity index (χ2n) is 8.38. The van der Waals surface area contributed by atoms with Crippen molar-refractivity contribution in [3.63, 3.8) is 0 Å². The first kappa shape index (κ1) is 27.4. The standard InChI is InChI=1S/C24H24F3N9O3/c1-13-7-15(9-28)31-11-17(13)39-20-8-16(21(35-29)22(30-2)34-20)33-19-4-3-14(10-32-19)23(37)36-5-6-38-18(12-36)24(25,26)27/h3-4,7-8,10-11,18,35H,5-6,12,29H2,1-2H3,(H2,30,32,33,34). The zero-order chi connectivity index (χ0) is 28.2. The molecule has 204 valence electrons. The number of aryl methyl sites for hydroxylation is 1. The lowest BCUT2D eigenvalue weighted by molar-refractivity contribution is -0.233. The molecule has 1 atom stereocenters. The largest absolute Gasteiger partial charge is 0.437 e. The van der Waals surface area contributed by atoms with Crippen molar-refractivity contribution in [2.75, 3.05) is 42.8 Å². The van der Waals surface area contributed by atoms with E-state index in [0.29, 0.717) is 34.3 Å². The van der Waals surface area contributed by atoms with Crippen molar-refractivity contribution in [3.05, 3.63) is 53.5 Å². The maximum Gasteiger partial charge on any atom is 0.416 e. The molecule has 0 spiro atoms. The Morgan fingerprint density at radius 1 is 1.28 bits per heavy atom. The van der Waals surface area contributed by atoms with Gasteiger partial charge in [0, 0.05) is 25.9 Å². The monoisotopic (exact) mass is 543 g/mol. The average molecular weight is 544 g/mol. The van der Waals surface area contributed by atoms with Gasteiger partial charge in [0.2, 0.25) is 5.88 Å². The number of halogens is 3. The molecule has 1 saturated heterocycles. The second-order valence-corrected chi connectivity index (χ2v) is 8.38. The number of ether oxygens (including phenoxy) is 2. The van der Waals surface area contributed by atoms with Gasteiger partial charge in [-0.2, -0.15) is 23.4 Å². The SMILES string of the molecule is CNc1nc(Oc2cnc(C#N)cc2C)cc(Nc2ccc(C(=O)N3CCOC(C(F)(F)F)C3)cn2)c1NN. The predicted octanol–water partition coefficient (Wildman–Crippen LogP) is 3.32. The molecule has 1 unspecified atom stereocenters. The van der Waals surface area contributed by atoms with E-state index < -0.39 is 24.7 Å². The molecule has 1 fully saturated rings. The van der Waals surface area contributed by atoms with E-state index in [-0.39, 0.29) is 30.3 Å². The number of aromatic nitrogens is 3. The summed E-state index contributed by atoms with van der Waals surface area (Å²) in [5.41, 5.74) is 4.40. The number of alkyl halides is 3. The summed E-state index contributed by atoms with van der Waals surface area (Å²) in [6, 6.07) is 8.05. The maximum absolute atomic E-state index is 13.0. The van der Waals surface area contributed by atoms with Crippen LogP contribution < -0.4 is 26.6 Å². The molecule has 12 nitrogen and oxygen atoms in total. The number of carbonyl (C=O) groups excluding carboxylic acids is 1. The number of pyridine rings is 3. The van der Waals surface area contributed by atoms with Gasteiger partial charge in [-0.15, -0.1) is 0 Å². The van der Waals surface area contributed by atoms with Crippen molar-refractivity contribution in [1.29, 1.82) is 5.26 Å². The van der Waals surface area contributed by atoms with E-state index in [9.17, 15) is 18.0 Å². The van der Waals surface area contributed by atoms with Crippen molar-refractivity contribution >= 4 is 28.9 Å². The number of rotatable bonds is 7. The quantitative estimate of drug-likeness (QED) is 0.255. The van der Waals surface area contributed by atoms with Crippen LogP contribution in [0.1, 0.15) is 21.6 Å². The van der Waals surface area contributed by atoms with E-state index in [0.717, 1.165) is 4.90 Å². The molecule has 1 amide bonds. The molecule has 3 aromatic rings. The van der Waals surface area contributed by atoms with Crippen molar-refractivity contribution in [3.8, 4) is 17.7 Å². The van der Waals surface area contributed by atoms with Gasteiger partial charge in [0.05, 0.1) is 30.6 Å². The summed E-state index contributed by atoms with van der Waals surface area (Å²) < 4.78 is 49.7. The number of nitrogens with one attached hydrogen (secondary N) is 3. The van der Waals surface area contributed by atoms with Gasteiger partial charge in [0.1, 0.15) is 23.3 Å². The van der Waals surface area contributed by atoms with Gasteiger partial charge >= 0.3 is 6.18 Å². The van der Waals surface area contributed by atoms with Crippen LogP contribution in [-0.2, 0) is 4.74 Å². The number of nitrogen functional groups attached to an aromatic ring is 1. The number of nitriles is 1. The summed E-state index contributed by atoms with van der Waals surface area (Å²) in [5.74, 6) is 6.35. The van der Waals surface area contributed by atoms with Crippen LogP contribution in [0.2, 0.25) is 0 Å². The van der Waals surface area contributed by atoms with E-state index >= 15 is 0 Å². The predicted molar refractivity (Wildman–Crippen MR) is 135 cm³/mol. The molecule has 4 heterocycles. The highest BCUT2D eigenvalue weighted by atomic mass is 19.4. The van der Waals surface area contributed by atoms with E-state index in [2.05, 4.69) is 31.0 Å². The summed E-state index contributed by atoms with van der Waals surface area (Å²) >= 11 is 0. The van der Waals surface area contributed by atoms with Gasteiger partial charge in [-0.1, -0.05) is 0 Å². The van der Waals surface area contributed by atoms with Crippen LogP contribution in [0.25, 0.3) is 0 Å². The Labute approximate surface area is 220 Å². The third-order valence-corrected chi connectivity index (χ3v) is 5.76. The number of hydrogen-bond donors (Lipinski definition) is 4. The molecule has 4 rings (SSSR count). The lowest BCUT2D eigenvalue weighted by Gasteiger charge is -2.33. The minimum atomic E-state index is -4.56. The van der Waals surface area contributed by atoms with E-state index in [1.54, 1.807) is 26.1 Å². The zero-order valence-electron chi connectivity index (χ0n) is 20.8. The minimum absolute atomic E-state index is 0.0394. The third kappa shape index (κ3) is 6.25. The molecule has 1 aliphatic rings. The van der Waals surface area contributed by atoms with Crippen molar-refractivity contribution in [2.45, 2.75) is 19.2 Å². The fourth-order valence-corrected chi connectivity index (χ4v) is 3.77. The van der Waals surface area contributed by atoms with Crippen LogP contribution in [-0.4, -0.2) is 64.8 Å². The smallest absolute Gasteiger partial charge is 0.416 e. The normalized spacial score (nSPS) is 15.3. The van der Waals surface area contributed by atoms with Gasteiger partial charge in [-0.25, -0.2) is 9.97 Å². The Morgan fingerprint density at radius 2 is 2.08 bits per heavy atom. The first-order valence-corrected chi connectivity index (χ1v) is 11.6. The van der Waals surface area contributed by atoms with Gasteiger partial charge in [0.15, 0.2) is 17.7 Å². The van der Waals surface area contributed by atoms with Gasteiger partial charge in [0.25, 0.3) is 5.91 Å². The maximum atomic E-state index is 13.0. The average Bonchev–Trinajstić information content (AvgIpc) is 2.93. The van der Waals surface area contributed by atoms with Crippen LogP contribution in [0.15, 0.2) is 36.7 Å². The fraction of sp³-hybridized carbons (Fsp3) is 0.292. The summed E-state index contributed by atoms with van der Waals surface area (Å²) in [6.45, 7) is 1.00. The number of nitrogens with zero attached hydrogens (tertiary/aromatic N) is 5. The first-order chi connectivity index (χ1) is 18.6. The lowest BCUT2D eigenvalue weighted by Crippen LogP contribution is -2.51. The summed E-state index contributed by atoms with van der Waals surface area (Å²) in [7, 11) is 1.64. The van der Waals surface area contributed by atoms with Crippen molar-refractivity contribution in [2.24, 2.45) is 5.84 Å². The highest BCUT2D eigenvalue weighted by molar-refractivity contribution is 5.94. The van der Waals surface area contributed by atoms with Crippen LogP contribution in [0.3, 0.4) is 0 Å². The Bertz CT molecular complexity index is 1390. The zero-order valence-corrected chi connectivity index (χ0v) is 20.8. The van der Waals surface area contributed by atoms with Crippen LogP contribution >= 0.6 is 0 Å². The second kappa shape index (κ2) is 11.4. The number of anilines is 4. The fourth-order valence-electron chi connectivity index (χ4n) is 3.77. The number of nitrogens with two attached hydrogens (primary N) is 1. The van der Waals surface area contributed by atoms with Crippen LogP contribution in [0.5, 0.6) is 11.6 Å². The van der Waals surface area contributed by atoms with E-state index in [4.69, 9.17) is 20.6 Å². The minimum Gasteiger partial charge on any atom is -0.437 e. The molecule has 0 saturated carbocycles. The number of carbonyl (C=O) groups is 1. The summed E-state index contributed by atoms with van der Waals surface area (Å²) in [6.07, 6.45) is -3.91. The van der Waals surface area contributed by atoms with Gasteiger partial charge in [-0.05, 0) is 30.7 Å². The Balaban J connectivity index is 1.54. The lowest BCUT2D eigenvalue weighted by atomic mass is 10.2. The Kier molecular flexibility index (Phi) is 7.98. The van der Waals surface area contributed by atoms with Gasteiger partial charge in [-0.3, -0.25) is 10.6 Å². The highest BCUT2D eigenvalue weighted by Gasteiger charge is 2.44. The molecule has 0 radical (unpaired) electrons. The van der Waals surface area contributed by atoms with E-state index in [1.807, 2.05) is 6.07 Å². The molecule has 0 bridgehead atoms. The molecule has 5 N–H and O–H groups in total. The van der Waals surface area contributed by atoms with Crippen molar-refractivity contribution in [1.82, 2.24) is 19.9 Å². The number of hydrogen-bond acceptors (Lipinski definition) is 11. The third-order valence-electron chi connectivity index (χ3n) is 5.76. The Hall–Kier alpha value is -4.68. The molecular weight excluding hydrogens is 519 g/mol. The topological polar surface area (TPSA) is 163 Å². The molecule has 0 aliphatic carbocycles. The molecule has 3 aromatic heterocycles. The molecule has 15 heteroatoms. The van der Waals surface area contributed by atoms with E-state index in [1.165, 1.54) is 24.5 Å². The summed E-state index contributed by atoms with van der Waals surface area (Å²) in [5, 5.41) is 15.0. The molecule has 39 heavy (non-hydrogen) atoms. The molecule has 0 aromatic carbocycles. The van der Waals surface area contributed by atoms with Crippen LogP contribution in [0, 0.1) is 18.3 Å². The number of amides is 1. The molecular formula is C24H24F3N9O3. The van der Waals surface area contributed by atoms with Crippen LogP contribution in [0.4, 0.5) is 36.2 Å². The van der Waals surface area contributed by atoms with Gasteiger partial charge < -0.3 is 30.4 Å².